The van der Waals surface area contributed by atoms with Crippen LogP contribution in [0, 0.1) is 4.91 Å². The lowest BCUT2D eigenvalue weighted by molar-refractivity contribution is -0.128. The van der Waals surface area contributed by atoms with Crippen molar-refractivity contribution in [3.05, 3.63) is 4.91 Å². The molecule has 5 heteroatoms. The Morgan fingerprint density at radius 2 is 1.88 bits per heavy atom. The molecule has 0 fully saturated rings. The molecule has 0 aromatic carbocycles. The minimum absolute atomic E-state index is 0.129. The maximum Gasteiger partial charge on any atom is 0.222 e. The van der Waals surface area contributed by atoms with Crippen molar-refractivity contribution in [2.75, 3.05) is 19.8 Å². The molecule has 16 heavy (non-hydrogen) atoms. The third-order valence-corrected chi connectivity index (χ3v) is 3.38. The van der Waals surface area contributed by atoms with Crippen LogP contribution in [-0.2, 0) is 4.79 Å². The zero-order valence-corrected chi connectivity index (χ0v) is 11.3. The number of rotatable bonds is 9. The third kappa shape index (κ3) is 8.71. The number of hydrogen-bond acceptors (Lipinski definition) is 4. The van der Waals surface area contributed by atoms with Gasteiger partial charge >= 0.3 is 0 Å². The van der Waals surface area contributed by atoms with E-state index in [9.17, 15) is 9.70 Å². The van der Waals surface area contributed by atoms with Crippen molar-refractivity contribution in [2.24, 2.45) is 5.18 Å². The first-order chi connectivity index (χ1) is 7.57. The van der Waals surface area contributed by atoms with E-state index in [4.69, 9.17) is 0 Å². The van der Waals surface area contributed by atoms with Gasteiger partial charge in [0.15, 0.2) is 0 Å². The Bertz CT molecular complexity index is 210. The fourth-order valence-corrected chi connectivity index (χ4v) is 2.01. The molecular formula is C11H22N2O2S. The van der Waals surface area contributed by atoms with Gasteiger partial charge in [-0.05, 0) is 25.5 Å². The predicted octanol–water partition coefficient (Wildman–Crippen LogP) is 2.87. The zero-order valence-electron chi connectivity index (χ0n) is 10.4. The molecular weight excluding hydrogens is 224 g/mol. The molecule has 0 aliphatic heterocycles. The highest BCUT2D eigenvalue weighted by Gasteiger charge is 2.03. The molecule has 0 spiro atoms. The van der Waals surface area contributed by atoms with Crippen LogP contribution in [0.5, 0.6) is 0 Å². The predicted molar refractivity (Wildman–Crippen MR) is 69.5 cm³/mol. The van der Waals surface area contributed by atoms with Gasteiger partial charge in [0, 0.05) is 20.5 Å². The summed E-state index contributed by atoms with van der Waals surface area (Å²) in [5.41, 5.74) is 0. The van der Waals surface area contributed by atoms with Crippen LogP contribution in [0.15, 0.2) is 5.18 Å². The van der Waals surface area contributed by atoms with Gasteiger partial charge in [0.05, 0.1) is 0 Å². The van der Waals surface area contributed by atoms with Crippen LogP contribution in [0.3, 0.4) is 0 Å². The molecule has 0 radical (unpaired) electrons. The fraction of sp³-hybridized carbons (Fsp3) is 0.909. The monoisotopic (exact) mass is 246 g/mol. The molecule has 1 amide bonds. The summed E-state index contributed by atoms with van der Waals surface area (Å²) in [7, 11) is 3.57. The minimum Gasteiger partial charge on any atom is -0.349 e. The van der Waals surface area contributed by atoms with Gasteiger partial charge in [0.2, 0.25) is 5.91 Å². The second-order valence-corrected chi connectivity index (χ2v) is 5.45. The average Bonchev–Trinajstić information content (AvgIpc) is 2.26. The Labute approximate surface area is 102 Å². The lowest BCUT2D eigenvalue weighted by Gasteiger charge is -2.09. The summed E-state index contributed by atoms with van der Waals surface area (Å²) in [4.78, 5) is 23.0. The molecule has 0 aromatic rings. The van der Waals surface area contributed by atoms with Gasteiger partial charge < -0.3 is 4.90 Å². The highest BCUT2D eigenvalue weighted by Crippen LogP contribution is 2.14. The van der Waals surface area contributed by atoms with Crippen LogP contribution >= 0.6 is 11.8 Å². The van der Waals surface area contributed by atoms with E-state index >= 15 is 0 Å². The summed E-state index contributed by atoms with van der Waals surface area (Å²) in [5.74, 6) is 1.18. The minimum atomic E-state index is -0.129. The number of carbonyl (C=O) groups excluding carboxylic acids is 1. The van der Waals surface area contributed by atoms with Crippen LogP contribution in [0.2, 0.25) is 0 Å². The summed E-state index contributed by atoms with van der Waals surface area (Å²) >= 11 is 1.59. The van der Waals surface area contributed by atoms with E-state index in [1.807, 2.05) is 6.92 Å². The van der Waals surface area contributed by atoms with Gasteiger partial charge in [-0.15, -0.1) is 16.7 Å². The molecule has 0 aromatic heterocycles. The molecule has 0 saturated carbocycles. The van der Waals surface area contributed by atoms with Gasteiger partial charge in [-0.3, -0.25) is 4.79 Å². The topological polar surface area (TPSA) is 49.7 Å². The second-order valence-electron chi connectivity index (χ2n) is 4.03. The normalized spacial score (nSPS) is 12.2. The maximum atomic E-state index is 11.2. The third-order valence-electron chi connectivity index (χ3n) is 2.29. The quantitative estimate of drug-likeness (QED) is 0.464. The Balaban J connectivity index is 3.22. The number of thioether (sulfide) groups is 1. The first-order valence-electron chi connectivity index (χ1n) is 5.72. The number of nitrogens with zero attached hydrogens (tertiary/aromatic N) is 2. The summed E-state index contributed by atoms with van der Waals surface area (Å²) in [6.45, 7) is 1.81. The molecule has 94 valence electrons. The molecule has 0 heterocycles. The number of unbranched alkanes of at least 4 members (excludes halogenated alkanes) is 3. The molecule has 0 N–H and O–H groups in total. The number of carbonyl (C=O) groups is 1. The first kappa shape index (κ1) is 15.4. The summed E-state index contributed by atoms with van der Waals surface area (Å²) in [5, 5.41) is 2.80. The molecule has 1 unspecified atom stereocenters. The molecule has 1 atom stereocenters. The van der Waals surface area contributed by atoms with Crippen LogP contribution in [0.1, 0.15) is 39.0 Å². The molecule has 0 aliphatic carbocycles. The first-order valence-corrected chi connectivity index (χ1v) is 6.77. The van der Waals surface area contributed by atoms with E-state index in [0.717, 1.165) is 31.4 Å². The maximum absolute atomic E-state index is 11.2. The van der Waals surface area contributed by atoms with Crippen molar-refractivity contribution in [3.8, 4) is 0 Å². The van der Waals surface area contributed by atoms with E-state index in [1.54, 1.807) is 30.8 Å². The molecule has 4 nitrogen and oxygen atoms in total. The van der Waals surface area contributed by atoms with Crippen LogP contribution < -0.4 is 0 Å². The van der Waals surface area contributed by atoms with E-state index in [0.29, 0.717) is 6.42 Å². The van der Waals surface area contributed by atoms with Crippen molar-refractivity contribution < 1.29 is 4.79 Å². The van der Waals surface area contributed by atoms with Crippen molar-refractivity contribution in [2.45, 2.75) is 44.4 Å². The Morgan fingerprint density at radius 3 is 2.44 bits per heavy atom. The summed E-state index contributed by atoms with van der Waals surface area (Å²) < 4.78 is 0. The van der Waals surface area contributed by atoms with Crippen molar-refractivity contribution in [3.63, 3.8) is 0 Å². The molecule has 0 rings (SSSR count). The van der Waals surface area contributed by atoms with E-state index in [2.05, 4.69) is 5.18 Å². The van der Waals surface area contributed by atoms with E-state index < -0.39 is 0 Å². The van der Waals surface area contributed by atoms with Crippen molar-refractivity contribution in [1.82, 2.24) is 4.90 Å². The Hall–Kier alpha value is -0.580. The van der Waals surface area contributed by atoms with Crippen LogP contribution in [0.25, 0.3) is 0 Å². The molecule has 0 saturated heterocycles. The van der Waals surface area contributed by atoms with Crippen LogP contribution in [0.4, 0.5) is 0 Å². The van der Waals surface area contributed by atoms with Crippen molar-refractivity contribution in [1.29, 1.82) is 0 Å². The lowest BCUT2D eigenvalue weighted by Crippen LogP contribution is -2.20. The van der Waals surface area contributed by atoms with Crippen molar-refractivity contribution >= 4 is 17.7 Å². The van der Waals surface area contributed by atoms with Gasteiger partial charge in [0.25, 0.3) is 0 Å². The van der Waals surface area contributed by atoms with Gasteiger partial charge in [0.1, 0.15) is 5.37 Å². The van der Waals surface area contributed by atoms with E-state index in [1.165, 1.54) is 0 Å². The zero-order chi connectivity index (χ0) is 12.4. The number of nitroso groups, excluding NO2 is 1. The molecule has 0 bridgehead atoms. The standard InChI is InChI=1S/C11H22N2O2S/c1-10(12-15)16-9-7-5-4-6-8-11(14)13(2)3/h10H,4-9H2,1-3H3. The molecule has 0 aliphatic rings. The average molecular weight is 246 g/mol. The highest BCUT2D eigenvalue weighted by atomic mass is 32.2. The van der Waals surface area contributed by atoms with Crippen LogP contribution in [-0.4, -0.2) is 36.0 Å². The van der Waals surface area contributed by atoms with Gasteiger partial charge in [-0.25, -0.2) is 0 Å². The van der Waals surface area contributed by atoms with E-state index in [-0.39, 0.29) is 11.3 Å². The second kappa shape index (κ2) is 9.63. The fourth-order valence-electron chi connectivity index (χ4n) is 1.24. The Morgan fingerprint density at radius 1 is 1.25 bits per heavy atom. The smallest absolute Gasteiger partial charge is 0.222 e. The highest BCUT2D eigenvalue weighted by molar-refractivity contribution is 7.99. The lowest BCUT2D eigenvalue weighted by atomic mass is 10.1. The Kier molecular flexibility index (Phi) is 9.28. The summed E-state index contributed by atoms with van der Waals surface area (Å²) in [6.07, 6.45) is 4.92. The number of hydrogen-bond donors (Lipinski definition) is 0. The largest absolute Gasteiger partial charge is 0.349 e. The summed E-state index contributed by atoms with van der Waals surface area (Å²) in [6, 6.07) is 0. The van der Waals surface area contributed by atoms with Gasteiger partial charge in [-0.1, -0.05) is 18.0 Å². The number of amides is 1. The SMILES string of the molecule is CC(N=O)SCCCCCCC(=O)N(C)C. The van der Waals surface area contributed by atoms with Gasteiger partial charge in [-0.2, -0.15) is 0 Å².